The number of rotatable bonds is 2. The zero-order valence-corrected chi connectivity index (χ0v) is 12.7. The van der Waals surface area contributed by atoms with Gasteiger partial charge in [-0.3, -0.25) is 4.79 Å². The van der Waals surface area contributed by atoms with E-state index < -0.39 is 17.6 Å². The number of nitrogens with one attached hydrogen (secondary N) is 1. The van der Waals surface area contributed by atoms with E-state index in [0.29, 0.717) is 22.1 Å². The lowest BCUT2D eigenvalue weighted by Gasteiger charge is -2.34. The highest BCUT2D eigenvalue weighted by Crippen LogP contribution is 2.48. The smallest absolute Gasteiger partial charge is 0.440 e. The Hall–Kier alpha value is -2.61. The summed E-state index contributed by atoms with van der Waals surface area (Å²) in [7, 11) is 0. The quantitative estimate of drug-likeness (QED) is 0.700. The molecule has 8 heteroatoms. The van der Waals surface area contributed by atoms with Crippen LogP contribution in [0.4, 0.5) is 18.9 Å². The number of hydrogen-bond donors (Lipinski definition) is 1. The van der Waals surface area contributed by atoms with Crippen LogP contribution < -0.4 is 5.32 Å². The number of furan rings is 1. The fraction of sp³-hybridized carbons (Fsp3) is 0.125. The van der Waals surface area contributed by atoms with E-state index >= 15 is 0 Å². The summed E-state index contributed by atoms with van der Waals surface area (Å²) in [6, 6.07) is 9.37. The van der Waals surface area contributed by atoms with Gasteiger partial charge in [0.15, 0.2) is 12.0 Å². The summed E-state index contributed by atoms with van der Waals surface area (Å²) in [5.74, 6) is -0.410. The molecule has 3 aromatic rings. The van der Waals surface area contributed by atoms with Gasteiger partial charge in [0.25, 0.3) is 5.66 Å². The number of nitrogens with zero attached hydrogens (tertiary/aromatic N) is 1. The highest BCUT2D eigenvalue weighted by molar-refractivity contribution is 7.13. The van der Waals surface area contributed by atoms with Gasteiger partial charge in [-0.15, -0.1) is 11.3 Å². The van der Waals surface area contributed by atoms with Crippen LogP contribution in [0.15, 0.2) is 51.2 Å². The number of thiophene rings is 1. The van der Waals surface area contributed by atoms with Gasteiger partial charge in [-0.05, 0) is 23.6 Å². The second-order valence-corrected chi connectivity index (χ2v) is 6.18. The van der Waals surface area contributed by atoms with Gasteiger partial charge in [-0.2, -0.15) is 13.2 Å². The fourth-order valence-electron chi connectivity index (χ4n) is 2.69. The van der Waals surface area contributed by atoms with Gasteiger partial charge in [-0.25, -0.2) is 4.99 Å². The van der Waals surface area contributed by atoms with Gasteiger partial charge in [0.2, 0.25) is 0 Å². The van der Waals surface area contributed by atoms with Crippen molar-refractivity contribution in [2.75, 3.05) is 5.32 Å². The van der Waals surface area contributed by atoms with Crippen molar-refractivity contribution in [2.45, 2.75) is 11.8 Å². The average Bonchev–Trinajstić information content (AvgIpc) is 3.18. The highest BCUT2D eigenvalue weighted by atomic mass is 32.1. The zero-order valence-electron chi connectivity index (χ0n) is 11.9. The summed E-state index contributed by atoms with van der Waals surface area (Å²) in [5, 5.41) is 4.54. The maximum atomic E-state index is 14.0. The maximum absolute atomic E-state index is 14.0. The predicted molar refractivity (Wildman–Crippen MR) is 84.5 cm³/mol. The molecule has 1 atom stereocenters. The molecule has 24 heavy (non-hydrogen) atoms. The molecule has 1 aromatic carbocycles. The number of carbonyl (C=O) groups is 1. The second kappa shape index (κ2) is 4.94. The van der Waals surface area contributed by atoms with E-state index in [-0.39, 0.29) is 11.4 Å². The Labute approximate surface area is 137 Å². The van der Waals surface area contributed by atoms with Crippen molar-refractivity contribution >= 4 is 40.0 Å². The summed E-state index contributed by atoms with van der Waals surface area (Å²) in [6.07, 6.45) is -4.48. The summed E-state index contributed by atoms with van der Waals surface area (Å²) >= 11 is 1.15. The van der Waals surface area contributed by atoms with Crippen LogP contribution in [0.5, 0.6) is 0 Å². The van der Waals surface area contributed by atoms with E-state index in [1.807, 2.05) is 0 Å². The molecule has 1 unspecified atom stereocenters. The van der Waals surface area contributed by atoms with Crippen molar-refractivity contribution < 1.29 is 22.4 Å². The third-order valence-electron chi connectivity index (χ3n) is 3.81. The molecule has 0 radical (unpaired) electrons. The van der Waals surface area contributed by atoms with Crippen molar-refractivity contribution in [3.8, 4) is 0 Å². The lowest BCUT2D eigenvalue weighted by Crippen LogP contribution is -2.49. The first kappa shape index (κ1) is 14.9. The average molecular weight is 350 g/mol. The van der Waals surface area contributed by atoms with Crippen molar-refractivity contribution in [3.63, 3.8) is 0 Å². The standard InChI is InChI=1S/C16H9F3N2O2S/c17-16(18,19)15(13-7-9-3-1-2-4-12(9)23-13)20-10-5-6-24-14(10)11(8-22)21-15/h1-8,20H. The molecule has 0 aliphatic carbocycles. The van der Waals surface area contributed by atoms with Crippen LogP contribution in [0.25, 0.3) is 11.0 Å². The first-order chi connectivity index (χ1) is 11.4. The largest absolute Gasteiger partial charge is 0.456 e. The molecule has 4 nitrogen and oxygen atoms in total. The molecule has 3 heterocycles. The van der Waals surface area contributed by atoms with E-state index in [2.05, 4.69) is 10.3 Å². The van der Waals surface area contributed by atoms with Crippen molar-refractivity contribution in [1.82, 2.24) is 0 Å². The first-order valence-corrected chi connectivity index (χ1v) is 7.79. The molecule has 0 amide bonds. The Morgan fingerprint density at radius 3 is 2.75 bits per heavy atom. The fourth-order valence-corrected chi connectivity index (χ4v) is 3.49. The third kappa shape index (κ3) is 1.99. The normalized spacial score (nSPS) is 20.4. The molecule has 0 spiro atoms. The molecule has 1 N–H and O–H groups in total. The van der Waals surface area contributed by atoms with Crippen LogP contribution in [-0.4, -0.2) is 18.2 Å². The minimum atomic E-state index is -4.81. The zero-order chi connectivity index (χ0) is 16.9. The molecular weight excluding hydrogens is 341 g/mol. The predicted octanol–water partition coefficient (Wildman–Crippen LogP) is 4.32. The molecule has 1 aliphatic rings. The monoisotopic (exact) mass is 350 g/mol. The summed E-state index contributed by atoms with van der Waals surface area (Å²) in [4.78, 5) is 15.4. The number of fused-ring (bicyclic) bond motifs is 2. The molecule has 2 aromatic heterocycles. The summed E-state index contributed by atoms with van der Waals surface area (Å²) in [6.45, 7) is 0. The maximum Gasteiger partial charge on any atom is 0.440 e. The highest BCUT2D eigenvalue weighted by Gasteiger charge is 2.61. The van der Waals surface area contributed by atoms with E-state index in [1.165, 1.54) is 12.1 Å². The van der Waals surface area contributed by atoms with Gasteiger partial charge in [0.1, 0.15) is 11.3 Å². The molecule has 1 aliphatic heterocycles. The van der Waals surface area contributed by atoms with Crippen LogP contribution in [0.3, 0.4) is 0 Å². The first-order valence-electron chi connectivity index (χ1n) is 6.91. The number of hydrogen-bond acceptors (Lipinski definition) is 5. The number of alkyl halides is 3. The summed E-state index contributed by atoms with van der Waals surface area (Å²) in [5.41, 5.74) is -2.57. The van der Waals surface area contributed by atoms with Crippen molar-refractivity contribution in [1.29, 1.82) is 0 Å². The number of benzene rings is 1. The van der Waals surface area contributed by atoms with E-state index in [4.69, 9.17) is 4.42 Å². The van der Waals surface area contributed by atoms with Gasteiger partial charge < -0.3 is 9.73 Å². The minimum absolute atomic E-state index is 0.204. The number of para-hydroxylation sites is 1. The Morgan fingerprint density at radius 2 is 2.04 bits per heavy atom. The molecule has 4 rings (SSSR count). The lowest BCUT2D eigenvalue weighted by molar-refractivity contribution is -0.184. The number of halogens is 3. The molecule has 0 saturated carbocycles. The molecule has 0 bridgehead atoms. The van der Waals surface area contributed by atoms with Gasteiger partial charge >= 0.3 is 6.18 Å². The number of aliphatic imine (C=N–C) groups is 1. The van der Waals surface area contributed by atoms with E-state index in [1.54, 1.807) is 29.6 Å². The van der Waals surface area contributed by atoms with Crippen LogP contribution in [0, 0.1) is 0 Å². The SMILES string of the molecule is O=CC1=NC(c2cc3ccccc3o2)(C(F)(F)F)Nc2ccsc21. The Bertz CT molecular complexity index is 940. The molecule has 0 fully saturated rings. The minimum Gasteiger partial charge on any atom is -0.456 e. The van der Waals surface area contributed by atoms with Gasteiger partial charge in [0, 0.05) is 5.39 Å². The van der Waals surface area contributed by atoms with Crippen LogP contribution in [-0.2, 0) is 10.5 Å². The van der Waals surface area contributed by atoms with Crippen LogP contribution in [0.1, 0.15) is 10.6 Å². The summed E-state index contributed by atoms with van der Waals surface area (Å²) < 4.78 is 47.4. The number of anilines is 1. The topological polar surface area (TPSA) is 54.6 Å². The molecule has 0 saturated heterocycles. The van der Waals surface area contributed by atoms with E-state index in [9.17, 15) is 18.0 Å². The molecule has 122 valence electrons. The Kier molecular flexibility index (Phi) is 3.08. The third-order valence-corrected chi connectivity index (χ3v) is 4.74. The number of aldehydes is 1. The van der Waals surface area contributed by atoms with Crippen LogP contribution >= 0.6 is 11.3 Å². The van der Waals surface area contributed by atoms with E-state index in [0.717, 1.165) is 11.3 Å². The van der Waals surface area contributed by atoms with Gasteiger partial charge in [0.05, 0.1) is 10.6 Å². The lowest BCUT2D eigenvalue weighted by atomic mass is 10.0. The number of carbonyl (C=O) groups excluding carboxylic acids is 1. The van der Waals surface area contributed by atoms with Crippen LogP contribution in [0.2, 0.25) is 0 Å². The van der Waals surface area contributed by atoms with Crippen molar-refractivity contribution in [2.24, 2.45) is 4.99 Å². The molecular formula is C16H9F3N2O2S. The Balaban J connectivity index is 1.99. The second-order valence-electron chi connectivity index (χ2n) is 5.26. The van der Waals surface area contributed by atoms with Crippen molar-refractivity contribution in [3.05, 3.63) is 52.4 Å². The van der Waals surface area contributed by atoms with Gasteiger partial charge in [-0.1, -0.05) is 18.2 Å². The Morgan fingerprint density at radius 1 is 1.25 bits per heavy atom.